The number of imidazole rings is 1. The average Bonchev–Trinajstić information content (AvgIpc) is 1.76. The number of rotatable bonds is 0. The minimum atomic E-state index is 0. The van der Waals surface area contributed by atoms with Crippen molar-refractivity contribution < 1.29 is 0 Å². The topological polar surface area (TPSA) is 28.7 Å². The van der Waals surface area contributed by atoms with Crippen LogP contribution in [-0.4, -0.2) is 69.1 Å². The molecule has 1 aromatic heterocycles. The molecule has 7 heavy (non-hydrogen) atoms. The van der Waals surface area contributed by atoms with Crippen molar-refractivity contribution in [1.29, 1.82) is 0 Å². The summed E-state index contributed by atoms with van der Waals surface area (Å²) in [5, 5.41) is 0. The molecule has 0 atom stereocenters. The van der Waals surface area contributed by atoms with Gasteiger partial charge in [-0.1, -0.05) is 0 Å². The van der Waals surface area contributed by atoms with Gasteiger partial charge in [0.25, 0.3) is 0 Å². The van der Waals surface area contributed by atoms with Crippen LogP contribution in [0.15, 0.2) is 18.7 Å². The third-order valence-corrected chi connectivity index (χ3v) is 0.406. The van der Waals surface area contributed by atoms with Crippen LogP contribution in [0.3, 0.4) is 0 Å². The van der Waals surface area contributed by atoms with Crippen molar-refractivity contribution in [2.75, 3.05) is 0 Å². The Bertz CT molecular complexity index is 67.4. The minimum absolute atomic E-state index is 0. The molecule has 1 heterocycles. The first-order valence-electron chi connectivity index (χ1n) is 1.43. The summed E-state index contributed by atoms with van der Waals surface area (Å²) in [4.78, 5) is 6.42. The molecule has 0 aliphatic heterocycles. The van der Waals surface area contributed by atoms with E-state index in [4.69, 9.17) is 0 Å². The molecule has 0 saturated carbocycles. The van der Waals surface area contributed by atoms with E-state index in [2.05, 4.69) is 9.97 Å². The van der Waals surface area contributed by atoms with Gasteiger partial charge in [-0.2, -0.15) is 0 Å². The predicted octanol–water partition coefficient (Wildman–Crippen LogP) is -0.352. The first-order chi connectivity index (χ1) is 2.50. The Hall–Kier alpha value is 1.21. The van der Waals surface area contributed by atoms with E-state index >= 15 is 0 Å². The smallest absolute Gasteiger partial charge is 0.0919 e. The quantitative estimate of drug-likeness (QED) is 0.459. The monoisotopic (exact) mass is 114 g/mol. The van der Waals surface area contributed by atoms with Crippen LogP contribution in [-0.2, 0) is 0 Å². The van der Waals surface area contributed by atoms with E-state index in [0.717, 1.165) is 0 Å². The van der Waals surface area contributed by atoms with E-state index in [1.165, 1.54) is 0 Å². The Kier molecular flexibility index (Phi) is 11.4. The Morgan fingerprint density at radius 1 is 1.29 bits per heavy atom. The molecule has 1 rings (SSSR count). The molecule has 0 spiro atoms. The minimum Gasteiger partial charge on any atom is -0.351 e. The van der Waals surface area contributed by atoms with Crippen molar-refractivity contribution in [2.24, 2.45) is 0 Å². The number of aromatic nitrogens is 2. The zero-order valence-electron chi connectivity index (χ0n) is 4.68. The average molecular weight is 114 g/mol. The van der Waals surface area contributed by atoms with Crippen molar-refractivity contribution >= 4 is 59.1 Å². The van der Waals surface area contributed by atoms with Crippen LogP contribution in [0, 0.1) is 0 Å². The second-order valence-electron chi connectivity index (χ2n) is 0.761. The van der Waals surface area contributed by atoms with Crippen LogP contribution < -0.4 is 0 Å². The van der Waals surface area contributed by atoms with E-state index in [9.17, 15) is 0 Å². The summed E-state index contributed by atoms with van der Waals surface area (Å²) in [5.41, 5.74) is 0. The summed E-state index contributed by atoms with van der Waals surface area (Å²) in [5.74, 6) is 0. The molecule has 0 unspecified atom stereocenters. The van der Waals surface area contributed by atoms with E-state index in [1.807, 2.05) is 0 Å². The number of hydrogen-bond donors (Lipinski definition) is 1. The molecule has 28 valence electrons. The Balaban J connectivity index is 0. The van der Waals surface area contributed by atoms with E-state index < -0.39 is 0 Å². The molecule has 0 aromatic carbocycles. The molecule has 1 N–H and O–H groups in total. The molecule has 0 saturated heterocycles. The summed E-state index contributed by atoms with van der Waals surface area (Å²) < 4.78 is 0. The number of nitrogens with one attached hydrogen (secondary N) is 1. The van der Waals surface area contributed by atoms with Crippen LogP contribution in [0.2, 0.25) is 0 Å². The normalized spacial score (nSPS) is 5.71. The molecule has 0 bridgehead atoms. The van der Waals surface area contributed by atoms with Gasteiger partial charge in [-0.3, -0.25) is 0 Å². The molecule has 2 radical (unpaired) electrons. The van der Waals surface area contributed by atoms with Gasteiger partial charge in [-0.15, -0.1) is 0 Å². The van der Waals surface area contributed by atoms with Crippen LogP contribution in [0.4, 0.5) is 0 Å². The van der Waals surface area contributed by atoms with Crippen LogP contribution >= 0.6 is 0 Å². The molecule has 1 aromatic rings. The number of aromatic amines is 1. The van der Waals surface area contributed by atoms with Crippen molar-refractivity contribution in [2.45, 2.75) is 0 Å². The zero-order valence-corrected chi connectivity index (χ0v) is 8.68. The maximum absolute atomic E-state index is 3.67. The van der Waals surface area contributed by atoms with Crippen LogP contribution in [0.5, 0.6) is 0 Å². The van der Waals surface area contributed by atoms with Crippen molar-refractivity contribution in [3.8, 4) is 0 Å². The Morgan fingerprint density at radius 3 is 2.14 bits per heavy atom. The van der Waals surface area contributed by atoms with Crippen LogP contribution in [0.1, 0.15) is 0 Å². The van der Waals surface area contributed by atoms with E-state index in [1.54, 1.807) is 18.7 Å². The van der Waals surface area contributed by atoms with Gasteiger partial charge in [-0.25, -0.2) is 4.98 Å². The molecule has 0 aliphatic carbocycles. The van der Waals surface area contributed by atoms with Gasteiger partial charge in [0, 0.05) is 71.5 Å². The van der Waals surface area contributed by atoms with Gasteiger partial charge < -0.3 is 4.98 Å². The zero-order chi connectivity index (χ0) is 3.54. The molecular weight excluding hydrogens is 110 g/mol. The maximum Gasteiger partial charge on any atom is 0.0919 e. The molecule has 0 amide bonds. The molecular formula is C3H4N2Na2. The van der Waals surface area contributed by atoms with Gasteiger partial charge in [0.15, 0.2) is 0 Å². The van der Waals surface area contributed by atoms with Gasteiger partial charge in [-0.05, 0) is 0 Å². The molecule has 4 heteroatoms. The standard InChI is InChI=1S/C3H4N2.2Na/c1-2-5-3-4-1;;/h1-3H,(H,4,5);;. The summed E-state index contributed by atoms with van der Waals surface area (Å²) in [7, 11) is 0. The number of hydrogen-bond acceptors (Lipinski definition) is 1. The van der Waals surface area contributed by atoms with Gasteiger partial charge in [0.05, 0.1) is 6.33 Å². The number of nitrogens with zero attached hydrogens (tertiary/aromatic N) is 1. The predicted molar refractivity (Wildman–Crippen MR) is 30.1 cm³/mol. The molecule has 0 fully saturated rings. The van der Waals surface area contributed by atoms with Gasteiger partial charge >= 0.3 is 0 Å². The fraction of sp³-hybridized carbons (Fsp3) is 0. The summed E-state index contributed by atoms with van der Waals surface area (Å²) in [6.45, 7) is 0. The fourth-order valence-corrected chi connectivity index (χ4v) is 0.215. The van der Waals surface area contributed by atoms with Gasteiger partial charge in [0.1, 0.15) is 0 Å². The van der Waals surface area contributed by atoms with Crippen molar-refractivity contribution in [3.63, 3.8) is 0 Å². The molecule has 2 nitrogen and oxygen atoms in total. The summed E-state index contributed by atoms with van der Waals surface area (Å²) in [6, 6.07) is 0. The second kappa shape index (κ2) is 7.21. The Labute approximate surface area is 86.7 Å². The van der Waals surface area contributed by atoms with Crippen LogP contribution in [0.25, 0.3) is 0 Å². The summed E-state index contributed by atoms with van der Waals surface area (Å²) >= 11 is 0. The SMILES string of the molecule is [Na].[Na].c1c[nH]cn1. The first-order valence-corrected chi connectivity index (χ1v) is 1.43. The van der Waals surface area contributed by atoms with Crippen molar-refractivity contribution in [3.05, 3.63) is 18.7 Å². The maximum atomic E-state index is 3.67. The fourth-order valence-electron chi connectivity index (χ4n) is 0.215. The van der Waals surface area contributed by atoms with E-state index in [-0.39, 0.29) is 59.1 Å². The largest absolute Gasteiger partial charge is 0.351 e. The van der Waals surface area contributed by atoms with Gasteiger partial charge in [0.2, 0.25) is 0 Å². The summed E-state index contributed by atoms with van der Waals surface area (Å²) in [6.07, 6.45) is 5.08. The third kappa shape index (κ3) is 5.07. The number of H-pyrrole nitrogens is 1. The molecule has 0 aliphatic rings. The Morgan fingerprint density at radius 2 is 2.00 bits per heavy atom. The second-order valence-corrected chi connectivity index (χ2v) is 0.761. The first kappa shape index (κ1) is 11.1. The van der Waals surface area contributed by atoms with Crippen molar-refractivity contribution in [1.82, 2.24) is 9.97 Å². The van der Waals surface area contributed by atoms with E-state index in [0.29, 0.717) is 0 Å². The third-order valence-electron chi connectivity index (χ3n) is 0.406.